The van der Waals surface area contributed by atoms with E-state index >= 15 is 0 Å². The molecule has 0 aliphatic heterocycles. The zero-order valence-corrected chi connectivity index (χ0v) is 12.2. The second kappa shape index (κ2) is 7.43. The number of hydrogen-bond donors (Lipinski definition) is 1. The van der Waals surface area contributed by atoms with Gasteiger partial charge in [-0.25, -0.2) is 0 Å². The fourth-order valence-corrected chi connectivity index (χ4v) is 2.76. The molecule has 2 rings (SSSR count). The first-order valence-corrected chi connectivity index (χ1v) is 7.50. The van der Waals surface area contributed by atoms with Gasteiger partial charge in [0, 0.05) is 19.5 Å². The fraction of sp³-hybridized carbons (Fsp3) is 0.733. The van der Waals surface area contributed by atoms with Crippen molar-refractivity contribution >= 4 is 5.82 Å². The summed E-state index contributed by atoms with van der Waals surface area (Å²) >= 11 is 0. The van der Waals surface area contributed by atoms with E-state index in [2.05, 4.69) is 39.6 Å². The maximum atomic E-state index is 4.44. The number of nitrogens with one attached hydrogen (secondary N) is 1. The molecule has 4 nitrogen and oxygen atoms in total. The molecular formula is C15H26N4. The van der Waals surface area contributed by atoms with Crippen molar-refractivity contribution in [2.24, 2.45) is 0 Å². The van der Waals surface area contributed by atoms with Crippen molar-refractivity contribution in [2.45, 2.75) is 44.4 Å². The molecule has 4 heteroatoms. The molecule has 1 aromatic rings. The molecule has 0 unspecified atom stereocenters. The van der Waals surface area contributed by atoms with Crippen LogP contribution in [0.5, 0.6) is 0 Å². The van der Waals surface area contributed by atoms with Gasteiger partial charge in [-0.1, -0.05) is 19.3 Å². The highest BCUT2D eigenvalue weighted by Gasteiger charge is 2.17. The van der Waals surface area contributed by atoms with Crippen molar-refractivity contribution in [3.8, 4) is 0 Å². The van der Waals surface area contributed by atoms with Crippen LogP contribution in [-0.2, 0) is 0 Å². The summed E-state index contributed by atoms with van der Waals surface area (Å²) in [4.78, 5) is 2.18. The highest BCUT2D eigenvalue weighted by atomic mass is 15.2. The number of nitrogens with zero attached hydrogens (tertiary/aromatic N) is 3. The SMILES string of the molecule is CNCCCN(C)c1ccc(C2CCCCC2)nn1. The summed E-state index contributed by atoms with van der Waals surface area (Å²) in [6.07, 6.45) is 7.77. The molecule has 1 aromatic heterocycles. The van der Waals surface area contributed by atoms with Crippen LogP contribution in [0.4, 0.5) is 5.82 Å². The average molecular weight is 262 g/mol. The summed E-state index contributed by atoms with van der Waals surface area (Å²) < 4.78 is 0. The van der Waals surface area contributed by atoms with Gasteiger partial charge in [-0.15, -0.1) is 5.10 Å². The maximum absolute atomic E-state index is 4.44. The van der Waals surface area contributed by atoms with Crippen LogP contribution >= 0.6 is 0 Å². The molecule has 1 aliphatic carbocycles. The van der Waals surface area contributed by atoms with Crippen molar-refractivity contribution in [3.63, 3.8) is 0 Å². The van der Waals surface area contributed by atoms with Gasteiger partial charge in [0.15, 0.2) is 5.82 Å². The van der Waals surface area contributed by atoms with E-state index in [9.17, 15) is 0 Å². The van der Waals surface area contributed by atoms with Crippen molar-refractivity contribution < 1.29 is 0 Å². The Morgan fingerprint density at radius 2 is 2.00 bits per heavy atom. The maximum Gasteiger partial charge on any atom is 0.150 e. The first-order valence-electron chi connectivity index (χ1n) is 7.50. The normalized spacial score (nSPS) is 16.5. The molecule has 0 spiro atoms. The predicted octanol–water partition coefficient (Wildman–Crippen LogP) is 2.57. The summed E-state index contributed by atoms with van der Waals surface area (Å²) in [5.41, 5.74) is 1.19. The Morgan fingerprint density at radius 1 is 1.21 bits per heavy atom. The zero-order chi connectivity index (χ0) is 13.5. The third-order valence-electron chi connectivity index (χ3n) is 4.01. The number of hydrogen-bond acceptors (Lipinski definition) is 4. The van der Waals surface area contributed by atoms with Crippen LogP contribution < -0.4 is 10.2 Å². The monoisotopic (exact) mass is 262 g/mol. The minimum Gasteiger partial charge on any atom is -0.358 e. The summed E-state index contributed by atoms with van der Waals surface area (Å²) in [5, 5.41) is 12.0. The van der Waals surface area contributed by atoms with Crippen LogP contribution in [0.1, 0.15) is 50.1 Å². The minimum absolute atomic E-state index is 0.643. The summed E-state index contributed by atoms with van der Waals surface area (Å²) in [6, 6.07) is 4.29. The molecule has 106 valence electrons. The van der Waals surface area contributed by atoms with Crippen LogP contribution in [0.25, 0.3) is 0 Å². The second-order valence-electron chi connectivity index (χ2n) is 5.53. The topological polar surface area (TPSA) is 41.0 Å². The third kappa shape index (κ3) is 4.16. The van der Waals surface area contributed by atoms with Gasteiger partial charge in [-0.05, 0) is 45.0 Å². The summed E-state index contributed by atoms with van der Waals surface area (Å²) in [5.74, 6) is 1.63. The van der Waals surface area contributed by atoms with Gasteiger partial charge in [0.1, 0.15) is 0 Å². The first kappa shape index (κ1) is 14.3. The Bertz CT molecular complexity index is 357. The smallest absolute Gasteiger partial charge is 0.150 e. The van der Waals surface area contributed by atoms with Gasteiger partial charge in [-0.3, -0.25) is 0 Å². The van der Waals surface area contributed by atoms with Crippen LogP contribution in [0, 0.1) is 0 Å². The Hall–Kier alpha value is -1.16. The molecule has 1 fully saturated rings. The lowest BCUT2D eigenvalue weighted by Gasteiger charge is -2.22. The van der Waals surface area contributed by atoms with Crippen molar-refractivity contribution in [3.05, 3.63) is 17.8 Å². The minimum atomic E-state index is 0.643. The van der Waals surface area contributed by atoms with Crippen molar-refractivity contribution in [2.75, 3.05) is 32.1 Å². The highest BCUT2D eigenvalue weighted by molar-refractivity contribution is 5.36. The van der Waals surface area contributed by atoms with E-state index in [-0.39, 0.29) is 0 Å². The summed E-state index contributed by atoms with van der Waals surface area (Å²) in [7, 11) is 4.07. The first-order chi connectivity index (χ1) is 9.31. The molecule has 0 bridgehead atoms. The van der Waals surface area contributed by atoms with Gasteiger partial charge in [0.25, 0.3) is 0 Å². The molecule has 1 heterocycles. The molecule has 1 saturated carbocycles. The van der Waals surface area contributed by atoms with Gasteiger partial charge in [-0.2, -0.15) is 5.10 Å². The lowest BCUT2D eigenvalue weighted by Crippen LogP contribution is -2.23. The Morgan fingerprint density at radius 3 is 2.63 bits per heavy atom. The van der Waals surface area contributed by atoms with Crippen LogP contribution in [0.15, 0.2) is 12.1 Å². The van der Waals surface area contributed by atoms with E-state index in [1.54, 1.807) is 0 Å². The lowest BCUT2D eigenvalue weighted by atomic mass is 9.87. The van der Waals surface area contributed by atoms with E-state index < -0.39 is 0 Å². The fourth-order valence-electron chi connectivity index (χ4n) is 2.76. The Labute approximate surface area is 116 Å². The van der Waals surface area contributed by atoms with E-state index in [1.165, 1.54) is 37.8 Å². The lowest BCUT2D eigenvalue weighted by molar-refractivity contribution is 0.434. The average Bonchev–Trinajstić information content (AvgIpc) is 2.48. The standard InChI is InChI=1S/C15H26N4/c1-16-11-6-12-19(2)15-10-9-14(17-18-15)13-7-4-3-5-8-13/h9-10,13,16H,3-8,11-12H2,1-2H3. The van der Waals surface area contributed by atoms with Gasteiger partial charge in [0.2, 0.25) is 0 Å². The van der Waals surface area contributed by atoms with E-state index in [0.29, 0.717) is 5.92 Å². The second-order valence-corrected chi connectivity index (χ2v) is 5.53. The van der Waals surface area contributed by atoms with Crippen LogP contribution in [0.3, 0.4) is 0 Å². The largest absolute Gasteiger partial charge is 0.358 e. The van der Waals surface area contributed by atoms with Gasteiger partial charge >= 0.3 is 0 Å². The predicted molar refractivity (Wildman–Crippen MR) is 79.7 cm³/mol. The van der Waals surface area contributed by atoms with E-state index in [4.69, 9.17) is 0 Å². The zero-order valence-electron chi connectivity index (χ0n) is 12.2. The highest BCUT2D eigenvalue weighted by Crippen LogP contribution is 2.31. The third-order valence-corrected chi connectivity index (χ3v) is 4.01. The molecule has 1 N–H and O–H groups in total. The van der Waals surface area contributed by atoms with Crippen molar-refractivity contribution in [1.82, 2.24) is 15.5 Å². The van der Waals surface area contributed by atoms with Gasteiger partial charge in [0.05, 0.1) is 5.69 Å². The number of aromatic nitrogens is 2. The van der Waals surface area contributed by atoms with E-state index in [1.807, 2.05) is 7.05 Å². The molecule has 0 atom stereocenters. The van der Waals surface area contributed by atoms with Gasteiger partial charge < -0.3 is 10.2 Å². The Kier molecular flexibility index (Phi) is 5.58. The summed E-state index contributed by atoms with van der Waals surface area (Å²) in [6.45, 7) is 2.05. The molecule has 1 aliphatic rings. The Balaban J connectivity index is 1.89. The van der Waals surface area contributed by atoms with Crippen LogP contribution in [-0.4, -0.2) is 37.4 Å². The quantitative estimate of drug-likeness (QED) is 0.800. The molecule has 19 heavy (non-hydrogen) atoms. The number of rotatable bonds is 6. The molecular weight excluding hydrogens is 236 g/mol. The molecule has 0 aromatic carbocycles. The van der Waals surface area contributed by atoms with Crippen LogP contribution in [0.2, 0.25) is 0 Å². The molecule has 0 saturated heterocycles. The molecule has 0 radical (unpaired) electrons. The van der Waals surface area contributed by atoms with E-state index in [0.717, 1.165) is 25.3 Å². The number of anilines is 1. The molecule has 0 amide bonds. The van der Waals surface area contributed by atoms with Crippen molar-refractivity contribution in [1.29, 1.82) is 0 Å².